The maximum Gasteiger partial charge on any atom is 0 e. The molecule has 196 valence electrons. The van der Waals surface area contributed by atoms with Gasteiger partial charge in [0, 0.05) is 74.6 Å². The molecular formula is C32H34Er2-10. The van der Waals surface area contributed by atoms with E-state index in [9.17, 15) is 0 Å². The van der Waals surface area contributed by atoms with E-state index < -0.39 is 0 Å². The molecule has 0 spiro atoms. The van der Waals surface area contributed by atoms with Crippen molar-refractivity contribution in [1.82, 2.24) is 0 Å². The molecule has 0 aliphatic rings. The fraction of sp³-hybridized carbons (Fsp3) is 0.250. The molecule has 34 heavy (non-hydrogen) atoms. The van der Waals surface area contributed by atoms with E-state index in [1.165, 1.54) is 0 Å². The number of hydrogen-bond donors (Lipinski definition) is 0. The zero-order chi connectivity index (χ0) is 24.6. The van der Waals surface area contributed by atoms with Crippen molar-refractivity contribution < 1.29 is 74.6 Å². The Hall–Kier alpha value is -0.986. The second kappa shape index (κ2) is 28.3. The standard InChI is InChI=1S/2C6H9.3C5H5.C5H.2Er/c2*1-5-6(2,3)4;4*1-2-4-5-3-1;;/h2*2-4H3;3*1-5H;1H;;/q5*-1;-5;;. The van der Waals surface area contributed by atoms with Gasteiger partial charge in [-0.3, -0.25) is 0 Å². The van der Waals surface area contributed by atoms with Crippen LogP contribution < -0.4 is 0 Å². The van der Waals surface area contributed by atoms with Crippen LogP contribution in [0.5, 0.6) is 0 Å². The van der Waals surface area contributed by atoms with Crippen LogP contribution in [0, 0.1) is 134 Å². The largest absolute Gasteiger partial charge is 0.999 e. The van der Waals surface area contributed by atoms with E-state index in [1.54, 1.807) is 6.07 Å². The van der Waals surface area contributed by atoms with Crippen molar-refractivity contribution in [3.05, 3.63) is 134 Å². The normalized spacial score (nSPS) is 8.35. The van der Waals surface area contributed by atoms with E-state index in [0.29, 0.717) is 0 Å². The zero-order valence-corrected chi connectivity index (χ0v) is 24.5. The van der Waals surface area contributed by atoms with E-state index in [1.807, 2.05) is 133 Å². The number of rotatable bonds is 0. The Balaban J connectivity index is -0.000000157. The van der Waals surface area contributed by atoms with Crippen LogP contribution in [0.4, 0.5) is 0 Å². The first kappa shape index (κ1) is 40.2. The van der Waals surface area contributed by atoms with E-state index in [4.69, 9.17) is 12.8 Å². The summed E-state index contributed by atoms with van der Waals surface area (Å²) >= 11 is 0. The summed E-state index contributed by atoms with van der Waals surface area (Å²) in [6.45, 7) is 11.7. The van der Waals surface area contributed by atoms with Crippen molar-refractivity contribution in [2.45, 2.75) is 41.5 Å². The second-order valence-electron chi connectivity index (χ2n) is 8.32. The predicted molar refractivity (Wildman–Crippen MR) is 137 cm³/mol. The zero-order valence-electron chi connectivity index (χ0n) is 20.8. The van der Waals surface area contributed by atoms with Crippen LogP contribution in [0.2, 0.25) is 0 Å². The summed E-state index contributed by atoms with van der Waals surface area (Å²) in [5.74, 6) is 4.71. The molecule has 0 saturated carbocycles. The Morgan fingerprint density at radius 1 is 0.529 bits per heavy atom. The van der Waals surface area contributed by atoms with Crippen molar-refractivity contribution in [3.63, 3.8) is 0 Å². The summed E-state index contributed by atoms with van der Waals surface area (Å²) in [4.78, 5) is 0. The van der Waals surface area contributed by atoms with E-state index in [-0.39, 0.29) is 85.4 Å². The Kier molecular flexibility index (Phi) is 33.4. The van der Waals surface area contributed by atoms with Crippen LogP contribution in [-0.2, 0) is 0 Å². The van der Waals surface area contributed by atoms with Crippen LogP contribution in [0.25, 0.3) is 0 Å². The molecular weight excluding hydrogens is 719 g/mol. The molecule has 0 bridgehead atoms. The van der Waals surface area contributed by atoms with Gasteiger partial charge in [0.1, 0.15) is 0 Å². The molecule has 0 unspecified atom stereocenters. The Bertz CT molecular complexity index is 637. The fourth-order valence-electron chi connectivity index (χ4n) is 1.14. The third-order valence-electron chi connectivity index (χ3n) is 2.77. The van der Waals surface area contributed by atoms with Crippen molar-refractivity contribution >= 4 is 0 Å². The topological polar surface area (TPSA) is 0 Å². The molecule has 0 radical (unpaired) electrons. The molecule has 0 amide bonds. The van der Waals surface area contributed by atoms with Gasteiger partial charge in [0.15, 0.2) is 0 Å². The van der Waals surface area contributed by atoms with Crippen LogP contribution >= 0.6 is 0 Å². The average molecular weight is 753 g/mol. The van der Waals surface area contributed by atoms with Crippen LogP contribution in [0.15, 0.2) is 97.1 Å². The van der Waals surface area contributed by atoms with E-state index >= 15 is 0 Å². The molecule has 4 rings (SSSR count). The molecule has 0 nitrogen and oxygen atoms in total. The molecule has 0 aliphatic carbocycles. The molecule has 0 aliphatic heterocycles. The summed E-state index contributed by atoms with van der Waals surface area (Å²) in [6.07, 6.45) is 13.2. The van der Waals surface area contributed by atoms with Crippen LogP contribution in [0.1, 0.15) is 41.5 Å². The summed E-state index contributed by atoms with van der Waals surface area (Å²) in [5.41, 5.74) is -0.0833. The monoisotopic (exact) mass is 750 g/mol. The quantitative estimate of drug-likeness (QED) is 0.126. The molecule has 0 heterocycles. The van der Waals surface area contributed by atoms with Crippen molar-refractivity contribution in [1.29, 1.82) is 0 Å². The van der Waals surface area contributed by atoms with Gasteiger partial charge in [-0.2, -0.15) is 54.6 Å². The van der Waals surface area contributed by atoms with Gasteiger partial charge in [-0.25, -0.2) is 36.4 Å². The summed E-state index contributed by atoms with van der Waals surface area (Å²) in [7, 11) is 0. The van der Waals surface area contributed by atoms with E-state index in [2.05, 4.69) is 36.1 Å². The van der Waals surface area contributed by atoms with Gasteiger partial charge in [-0.1, -0.05) is 41.5 Å². The molecule has 0 aromatic heterocycles. The van der Waals surface area contributed by atoms with Gasteiger partial charge in [-0.05, 0) is 10.8 Å². The Morgan fingerprint density at radius 3 is 0.794 bits per heavy atom. The average Bonchev–Trinajstić information content (AvgIpc) is 3.61. The summed E-state index contributed by atoms with van der Waals surface area (Å²) < 4.78 is 0. The van der Waals surface area contributed by atoms with Gasteiger partial charge in [0.05, 0.1) is 0 Å². The first-order chi connectivity index (χ1) is 15.1. The predicted octanol–water partition coefficient (Wildman–Crippen LogP) is 8.07. The fourth-order valence-corrected chi connectivity index (χ4v) is 1.14. The SMILES string of the molecule is [C-]#CC(C)(C)C.[C-]#CC(C)(C)C.[Er].[Er].[c-]1[c-][c-][cH-][c-]1.c1cc[cH-]c1.c1cc[cH-]c1.c1cc[cH-]c1. The molecule has 2 heteroatoms. The second-order valence-corrected chi connectivity index (χ2v) is 8.32. The maximum atomic E-state index is 6.60. The molecule has 0 fully saturated rings. The van der Waals surface area contributed by atoms with Gasteiger partial charge in [0.2, 0.25) is 0 Å². The smallest absolute Gasteiger partial charge is 0 e. The van der Waals surface area contributed by atoms with Gasteiger partial charge in [0.25, 0.3) is 0 Å². The molecule has 0 atom stereocenters. The Labute approximate surface area is 269 Å². The van der Waals surface area contributed by atoms with Gasteiger partial charge in [-0.15, -0.1) is 0 Å². The summed E-state index contributed by atoms with van der Waals surface area (Å²) in [5, 5.41) is 0. The van der Waals surface area contributed by atoms with Crippen LogP contribution in [0.3, 0.4) is 0 Å². The molecule has 4 aromatic rings. The first-order valence-corrected chi connectivity index (χ1v) is 10.3. The minimum absolute atomic E-state index is 0. The van der Waals surface area contributed by atoms with Gasteiger partial charge >= 0.3 is 0 Å². The van der Waals surface area contributed by atoms with Gasteiger partial charge < -0.3 is 55.0 Å². The Morgan fingerprint density at radius 2 is 0.735 bits per heavy atom. The van der Waals surface area contributed by atoms with Crippen molar-refractivity contribution in [2.24, 2.45) is 10.8 Å². The minimum Gasteiger partial charge on any atom is -0.999 e. The third-order valence-corrected chi connectivity index (χ3v) is 2.77. The molecule has 0 N–H and O–H groups in total. The molecule has 0 saturated heterocycles. The third kappa shape index (κ3) is 44.7. The minimum atomic E-state index is -0.0417. The van der Waals surface area contributed by atoms with E-state index in [0.717, 1.165) is 0 Å². The van der Waals surface area contributed by atoms with Crippen LogP contribution in [-0.4, -0.2) is 0 Å². The summed E-state index contributed by atoms with van der Waals surface area (Å²) in [6, 6.07) is 42.0. The maximum absolute atomic E-state index is 6.60. The van der Waals surface area contributed by atoms with Crippen molar-refractivity contribution in [2.75, 3.05) is 0 Å². The first-order valence-electron chi connectivity index (χ1n) is 10.3. The number of hydrogen-bond acceptors (Lipinski definition) is 0. The molecule has 4 aromatic carbocycles. The van der Waals surface area contributed by atoms with Crippen molar-refractivity contribution in [3.8, 4) is 11.8 Å².